The fourth-order valence-electron chi connectivity index (χ4n) is 2.41. The minimum absolute atomic E-state index is 0.0214. The first-order chi connectivity index (χ1) is 12.5. The SMILES string of the molecule is CCOc1ccc(NC(=O)c2cc3cc([N+](=O)[O-])ccc3oc2=N)cc1. The van der Waals surface area contributed by atoms with Crippen LogP contribution in [0.5, 0.6) is 5.75 Å². The molecule has 8 heteroatoms. The van der Waals surface area contributed by atoms with Gasteiger partial charge in [0.1, 0.15) is 16.9 Å². The molecular formula is C18H15N3O5. The Hall–Kier alpha value is -3.68. The lowest BCUT2D eigenvalue weighted by molar-refractivity contribution is -0.384. The number of rotatable bonds is 5. The first-order valence-electron chi connectivity index (χ1n) is 7.79. The molecule has 0 aliphatic heterocycles. The van der Waals surface area contributed by atoms with Crippen LogP contribution in [-0.2, 0) is 0 Å². The van der Waals surface area contributed by atoms with Gasteiger partial charge in [0.15, 0.2) is 0 Å². The highest BCUT2D eigenvalue weighted by molar-refractivity contribution is 6.05. The van der Waals surface area contributed by atoms with Gasteiger partial charge in [-0.15, -0.1) is 0 Å². The van der Waals surface area contributed by atoms with Crippen LogP contribution in [0.1, 0.15) is 17.3 Å². The summed E-state index contributed by atoms with van der Waals surface area (Å²) in [7, 11) is 0. The third kappa shape index (κ3) is 3.54. The summed E-state index contributed by atoms with van der Waals surface area (Å²) in [5.74, 6) is 0.135. The molecule has 0 radical (unpaired) electrons. The highest BCUT2D eigenvalue weighted by Gasteiger charge is 2.14. The zero-order valence-electron chi connectivity index (χ0n) is 13.8. The zero-order valence-corrected chi connectivity index (χ0v) is 13.8. The van der Waals surface area contributed by atoms with E-state index >= 15 is 0 Å². The van der Waals surface area contributed by atoms with E-state index in [-0.39, 0.29) is 16.8 Å². The Labute approximate surface area is 147 Å². The Morgan fingerprint density at radius 3 is 2.62 bits per heavy atom. The highest BCUT2D eigenvalue weighted by Crippen LogP contribution is 2.21. The molecule has 1 aromatic heterocycles. The van der Waals surface area contributed by atoms with Crippen molar-refractivity contribution >= 4 is 28.3 Å². The molecule has 3 aromatic rings. The van der Waals surface area contributed by atoms with Gasteiger partial charge in [0.05, 0.1) is 11.5 Å². The topological polar surface area (TPSA) is 118 Å². The number of ether oxygens (including phenoxy) is 1. The van der Waals surface area contributed by atoms with Gasteiger partial charge in [-0.3, -0.25) is 20.3 Å². The molecule has 26 heavy (non-hydrogen) atoms. The van der Waals surface area contributed by atoms with Crippen molar-refractivity contribution in [3.8, 4) is 5.75 Å². The van der Waals surface area contributed by atoms with E-state index in [1.807, 2.05) is 6.92 Å². The van der Waals surface area contributed by atoms with Crippen molar-refractivity contribution in [1.82, 2.24) is 0 Å². The van der Waals surface area contributed by atoms with Gasteiger partial charge in [0.2, 0.25) is 5.55 Å². The molecule has 8 nitrogen and oxygen atoms in total. The van der Waals surface area contributed by atoms with Gasteiger partial charge in [-0.25, -0.2) is 0 Å². The monoisotopic (exact) mass is 353 g/mol. The summed E-state index contributed by atoms with van der Waals surface area (Å²) in [5, 5.41) is 21.8. The number of nitro groups is 1. The van der Waals surface area contributed by atoms with Gasteiger partial charge in [0.25, 0.3) is 11.6 Å². The third-order valence-electron chi connectivity index (χ3n) is 3.63. The molecule has 3 rings (SSSR count). The molecule has 0 saturated heterocycles. The maximum Gasteiger partial charge on any atom is 0.270 e. The summed E-state index contributed by atoms with van der Waals surface area (Å²) in [6.07, 6.45) is 0. The number of fused-ring (bicyclic) bond motifs is 1. The molecule has 1 heterocycles. The number of carbonyl (C=O) groups is 1. The van der Waals surface area contributed by atoms with Crippen molar-refractivity contribution in [2.75, 3.05) is 11.9 Å². The maximum atomic E-state index is 12.5. The summed E-state index contributed by atoms with van der Waals surface area (Å²) in [4.78, 5) is 22.8. The second kappa shape index (κ2) is 7.06. The predicted molar refractivity (Wildman–Crippen MR) is 94.3 cm³/mol. The van der Waals surface area contributed by atoms with E-state index < -0.39 is 10.8 Å². The number of non-ortho nitro benzene ring substituents is 1. The fraction of sp³-hybridized carbons (Fsp3) is 0.111. The van der Waals surface area contributed by atoms with Crippen LogP contribution in [0.2, 0.25) is 0 Å². The first kappa shape index (κ1) is 17.2. The Bertz CT molecular complexity index is 1040. The van der Waals surface area contributed by atoms with E-state index in [1.54, 1.807) is 24.3 Å². The van der Waals surface area contributed by atoms with E-state index in [0.29, 0.717) is 29.0 Å². The summed E-state index contributed by atoms with van der Waals surface area (Å²) >= 11 is 0. The summed E-state index contributed by atoms with van der Waals surface area (Å²) in [6, 6.07) is 12.2. The van der Waals surface area contributed by atoms with Crippen LogP contribution in [0.4, 0.5) is 11.4 Å². The number of amides is 1. The number of nitro benzene ring substituents is 1. The van der Waals surface area contributed by atoms with Crippen molar-refractivity contribution < 1.29 is 18.9 Å². The van der Waals surface area contributed by atoms with Crippen LogP contribution in [0.3, 0.4) is 0 Å². The molecule has 2 N–H and O–H groups in total. The first-order valence-corrected chi connectivity index (χ1v) is 7.79. The molecule has 2 aromatic carbocycles. The standard InChI is InChI=1S/C18H15N3O5/c1-2-25-14-6-3-12(4-7-14)20-18(22)15-10-11-9-13(21(23)24)5-8-16(11)26-17(15)19/h3-10,19H,2H2,1H3,(H,20,22). The molecule has 0 atom stereocenters. The summed E-state index contributed by atoms with van der Waals surface area (Å²) < 4.78 is 10.6. The van der Waals surface area contributed by atoms with Gasteiger partial charge in [-0.05, 0) is 43.3 Å². The van der Waals surface area contributed by atoms with E-state index in [1.165, 1.54) is 24.3 Å². The van der Waals surface area contributed by atoms with E-state index in [9.17, 15) is 14.9 Å². The normalized spacial score (nSPS) is 10.5. The highest BCUT2D eigenvalue weighted by atomic mass is 16.6. The minimum Gasteiger partial charge on any atom is -0.494 e. The lowest BCUT2D eigenvalue weighted by atomic mass is 10.1. The quantitative estimate of drug-likeness (QED) is 0.538. The van der Waals surface area contributed by atoms with Crippen molar-refractivity contribution in [2.45, 2.75) is 6.92 Å². The van der Waals surface area contributed by atoms with Crippen LogP contribution in [-0.4, -0.2) is 17.4 Å². The van der Waals surface area contributed by atoms with Crippen molar-refractivity contribution in [1.29, 1.82) is 5.41 Å². The molecular weight excluding hydrogens is 338 g/mol. The van der Waals surface area contributed by atoms with E-state index in [2.05, 4.69) is 5.32 Å². The van der Waals surface area contributed by atoms with Crippen LogP contribution in [0.15, 0.2) is 52.9 Å². The lowest BCUT2D eigenvalue weighted by Gasteiger charge is -2.07. The van der Waals surface area contributed by atoms with Gasteiger partial charge < -0.3 is 14.5 Å². The summed E-state index contributed by atoms with van der Waals surface area (Å²) in [5.41, 5.74) is 0.347. The Kier molecular flexibility index (Phi) is 4.66. The Morgan fingerprint density at radius 1 is 1.23 bits per heavy atom. The Balaban J connectivity index is 1.90. The van der Waals surface area contributed by atoms with Gasteiger partial charge in [-0.2, -0.15) is 0 Å². The Morgan fingerprint density at radius 2 is 1.96 bits per heavy atom. The molecule has 0 unspecified atom stereocenters. The van der Waals surface area contributed by atoms with E-state index in [4.69, 9.17) is 14.6 Å². The largest absolute Gasteiger partial charge is 0.494 e. The smallest absolute Gasteiger partial charge is 0.270 e. The number of hydrogen-bond acceptors (Lipinski definition) is 6. The molecule has 0 aliphatic carbocycles. The molecule has 132 valence electrons. The number of anilines is 1. The zero-order chi connectivity index (χ0) is 18.7. The number of nitrogens with zero attached hydrogens (tertiary/aromatic N) is 1. The van der Waals surface area contributed by atoms with Crippen molar-refractivity contribution in [2.24, 2.45) is 0 Å². The average Bonchev–Trinajstić information content (AvgIpc) is 2.62. The predicted octanol–water partition coefficient (Wildman–Crippen LogP) is 3.47. The lowest BCUT2D eigenvalue weighted by Crippen LogP contribution is -2.20. The fourth-order valence-corrected chi connectivity index (χ4v) is 2.41. The minimum atomic E-state index is -0.545. The average molecular weight is 353 g/mol. The van der Waals surface area contributed by atoms with Crippen LogP contribution >= 0.6 is 0 Å². The van der Waals surface area contributed by atoms with Gasteiger partial charge in [0, 0.05) is 23.2 Å². The molecule has 0 saturated carbocycles. The molecule has 0 fully saturated rings. The number of benzene rings is 2. The van der Waals surface area contributed by atoms with Crippen molar-refractivity contribution in [3.05, 3.63) is 69.8 Å². The molecule has 0 spiro atoms. The maximum absolute atomic E-state index is 12.5. The van der Waals surface area contributed by atoms with Crippen LogP contribution in [0, 0.1) is 15.5 Å². The third-order valence-corrected chi connectivity index (χ3v) is 3.63. The van der Waals surface area contributed by atoms with Gasteiger partial charge >= 0.3 is 0 Å². The summed E-state index contributed by atoms with van der Waals surface area (Å²) in [6.45, 7) is 2.41. The van der Waals surface area contributed by atoms with Crippen LogP contribution in [0.25, 0.3) is 11.0 Å². The number of hydrogen-bond donors (Lipinski definition) is 2. The number of carbonyl (C=O) groups excluding carboxylic acids is 1. The second-order valence-corrected chi connectivity index (χ2v) is 5.38. The van der Waals surface area contributed by atoms with E-state index in [0.717, 1.165) is 0 Å². The van der Waals surface area contributed by atoms with Gasteiger partial charge in [-0.1, -0.05) is 0 Å². The number of nitrogens with one attached hydrogen (secondary N) is 2. The molecule has 0 bridgehead atoms. The molecule has 0 aliphatic rings. The van der Waals surface area contributed by atoms with Crippen LogP contribution < -0.4 is 15.6 Å². The second-order valence-electron chi connectivity index (χ2n) is 5.38. The van der Waals surface area contributed by atoms with Crippen molar-refractivity contribution in [3.63, 3.8) is 0 Å². The molecule has 1 amide bonds.